The Balaban J connectivity index is 2.22. The van der Waals surface area contributed by atoms with Crippen LogP contribution < -0.4 is 9.46 Å². The molecule has 2 rings (SSSR count). The predicted molar refractivity (Wildman–Crippen MR) is 77.7 cm³/mol. The number of hydrogen-bond acceptors (Lipinski definition) is 4. The fraction of sp³-hybridized carbons (Fsp3) is 0.154. The summed E-state index contributed by atoms with van der Waals surface area (Å²) in [6, 6.07) is 9.52. The topological polar surface area (TPSA) is 68.3 Å². The summed E-state index contributed by atoms with van der Waals surface area (Å²) in [5, 5.41) is -0.0639. The number of halogens is 1. The van der Waals surface area contributed by atoms with Crippen LogP contribution in [0.4, 0.5) is 5.69 Å². The molecule has 1 N–H and O–H groups in total. The molecule has 5 nitrogen and oxygen atoms in total. The van der Waals surface area contributed by atoms with Crippen LogP contribution in [0, 0.1) is 0 Å². The summed E-state index contributed by atoms with van der Waals surface area (Å²) in [6.45, 7) is 2.43. The van der Waals surface area contributed by atoms with E-state index < -0.39 is 10.0 Å². The van der Waals surface area contributed by atoms with Crippen molar-refractivity contribution in [2.75, 3.05) is 11.3 Å². The number of nitrogens with one attached hydrogen (secondary N) is 1. The van der Waals surface area contributed by atoms with E-state index in [4.69, 9.17) is 16.3 Å². The van der Waals surface area contributed by atoms with Crippen molar-refractivity contribution in [1.29, 1.82) is 0 Å². The van der Waals surface area contributed by atoms with Crippen molar-refractivity contribution in [1.82, 2.24) is 4.98 Å². The summed E-state index contributed by atoms with van der Waals surface area (Å²) in [5.41, 5.74) is 0.424. The zero-order valence-electron chi connectivity index (χ0n) is 10.7. The molecule has 0 spiro atoms. The minimum absolute atomic E-state index is 0.0597. The number of aromatic nitrogens is 1. The summed E-state index contributed by atoms with van der Waals surface area (Å²) in [6.07, 6.45) is 1.43. The second kappa shape index (κ2) is 6.11. The van der Waals surface area contributed by atoms with Gasteiger partial charge in [-0.05, 0) is 43.3 Å². The molecular formula is C13H13ClN2O3S. The first-order valence-corrected chi connectivity index (χ1v) is 7.75. The number of anilines is 1. The van der Waals surface area contributed by atoms with E-state index in [1.807, 2.05) is 6.92 Å². The fourth-order valence-electron chi connectivity index (χ4n) is 1.57. The first kappa shape index (κ1) is 14.6. The molecule has 1 aromatic carbocycles. The van der Waals surface area contributed by atoms with Crippen molar-refractivity contribution in [3.8, 4) is 5.75 Å². The van der Waals surface area contributed by atoms with Gasteiger partial charge in [0.05, 0.1) is 6.61 Å². The van der Waals surface area contributed by atoms with Crippen molar-refractivity contribution >= 4 is 27.3 Å². The first-order chi connectivity index (χ1) is 9.53. The van der Waals surface area contributed by atoms with Crippen molar-refractivity contribution in [2.24, 2.45) is 0 Å². The number of ether oxygens (including phenoxy) is 1. The maximum atomic E-state index is 12.2. The predicted octanol–water partition coefficient (Wildman–Crippen LogP) is 2.93. The lowest BCUT2D eigenvalue weighted by molar-refractivity contribution is 0.340. The molecule has 7 heteroatoms. The van der Waals surface area contributed by atoms with Gasteiger partial charge in [-0.2, -0.15) is 0 Å². The third-order valence-corrected chi connectivity index (χ3v) is 4.26. The number of rotatable bonds is 5. The lowest BCUT2D eigenvalue weighted by atomic mass is 10.3. The van der Waals surface area contributed by atoms with Crippen LogP contribution in [-0.4, -0.2) is 20.0 Å². The first-order valence-electron chi connectivity index (χ1n) is 5.89. The molecule has 0 atom stereocenters. The van der Waals surface area contributed by atoms with Crippen LogP contribution in [-0.2, 0) is 10.0 Å². The van der Waals surface area contributed by atoms with Gasteiger partial charge in [0.25, 0.3) is 10.0 Å². The van der Waals surface area contributed by atoms with Gasteiger partial charge in [-0.3, -0.25) is 4.72 Å². The maximum absolute atomic E-state index is 12.2. The van der Waals surface area contributed by atoms with Gasteiger partial charge >= 0.3 is 0 Å². The number of pyridine rings is 1. The molecule has 0 saturated heterocycles. The van der Waals surface area contributed by atoms with Gasteiger partial charge in [-0.1, -0.05) is 11.6 Å². The fourth-order valence-corrected chi connectivity index (χ4v) is 3.08. The van der Waals surface area contributed by atoms with Crippen molar-refractivity contribution in [2.45, 2.75) is 11.8 Å². The molecule has 0 aliphatic heterocycles. The summed E-state index contributed by atoms with van der Waals surface area (Å²) in [7, 11) is -3.75. The highest BCUT2D eigenvalue weighted by atomic mass is 35.5. The Morgan fingerprint density at radius 1 is 1.25 bits per heavy atom. The van der Waals surface area contributed by atoms with Gasteiger partial charge in [0, 0.05) is 11.9 Å². The molecule has 0 unspecified atom stereocenters. The number of hydrogen-bond donors (Lipinski definition) is 1. The summed E-state index contributed by atoms with van der Waals surface area (Å²) >= 11 is 5.79. The maximum Gasteiger partial charge on any atom is 0.264 e. The molecule has 1 aromatic heterocycles. The molecule has 1 heterocycles. The van der Waals surface area contributed by atoms with E-state index in [9.17, 15) is 8.42 Å². The lowest BCUT2D eigenvalue weighted by Crippen LogP contribution is -2.13. The van der Waals surface area contributed by atoms with Crippen molar-refractivity contribution in [3.05, 3.63) is 47.7 Å². The highest BCUT2D eigenvalue weighted by molar-refractivity contribution is 7.92. The molecule has 0 saturated carbocycles. The van der Waals surface area contributed by atoms with E-state index in [0.717, 1.165) is 0 Å². The van der Waals surface area contributed by atoms with Crippen LogP contribution >= 0.6 is 11.6 Å². The third kappa shape index (κ3) is 3.40. The van der Waals surface area contributed by atoms with Crippen LogP contribution in [0.5, 0.6) is 5.75 Å². The minimum Gasteiger partial charge on any atom is -0.494 e. The number of nitrogens with zero attached hydrogens (tertiary/aromatic N) is 1. The van der Waals surface area contributed by atoms with E-state index >= 15 is 0 Å². The molecule has 20 heavy (non-hydrogen) atoms. The molecule has 0 aliphatic carbocycles. The quantitative estimate of drug-likeness (QED) is 0.862. The minimum atomic E-state index is -3.75. The zero-order chi connectivity index (χ0) is 14.6. The Labute approximate surface area is 122 Å². The van der Waals surface area contributed by atoms with E-state index in [1.165, 1.54) is 18.3 Å². The van der Waals surface area contributed by atoms with Gasteiger partial charge in [0.2, 0.25) is 0 Å². The third-order valence-electron chi connectivity index (χ3n) is 2.43. The Hall–Kier alpha value is -1.79. The van der Waals surface area contributed by atoms with E-state index in [-0.39, 0.29) is 10.0 Å². The molecule has 0 amide bonds. The molecule has 0 fully saturated rings. The highest BCUT2D eigenvalue weighted by Gasteiger charge is 2.18. The molecule has 0 bridgehead atoms. The Morgan fingerprint density at radius 2 is 1.95 bits per heavy atom. The smallest absolute Gasteiger partial charge is 0.264 e. The van der Waals surface area contributed by atoms with Crippen molar-refractivity contribution < 1.29 is 13.2 Å². The lowest BCUT2D eigenvalue weighted by Gasteiger charge is -2.09. The van der Waals surface area contributed by atoms with E-state index in [0.29, 0.717) is 18.0 Å². The van der Waals surface area contributed by atoms with Crippen LogP contribution in [0.3, 0.4) is 0 Å². The normalized spacial score (nSPS) is 11.1. The van der Waals surface area contributed by atoms with Gasteiger partial charge < -0.3 is 4.74 Å². The van der Waals surface area contributed by atoms with Crippen molar-refractivity contribution in [3.63, 3.8) is 0 Å². The largest absolute Gasteiger partial charge is 0.494 e. The van der Waals surface area contributed by atoms with E-state index in [1.54, 1.807) is 24.3 Å². The van der Waals surface area contributed by atoms with E-state index in [2.05, 4.69) is 9.71 Å². The van der Waals surface area contributed by atoms with Gasteiger partial charge in [-0.15, -0.1) is 0 Å². The standard InChI is InChI=1S/C13H13ClN2O3S/c1-2-19-11-7-5-10(6-8-11)16-20(17,18)12-4-3-9-15-13(12)14/h3-9,16H,2H2,1H3. The monoisotopic (exact) mass is 312 g/mol. The summed E-state index contributed by atoms with van der Waals surface area (Å²) in [4.78, 5) is 3.69. The Bertz CT molecular complexity index is 687. The molecule has 0 radical (unpaired) electrons. The second-order valence-electron chi connectivity index (χ2n) is 3.86. The van der Waals surface area contributed by atoms with Gasteiger partial charge in [0.15, 0.2) is 0 Å². The Morgan fingerprint density at radius 3 is 2.55 bits per heavy atom. The average molecular weight is 313 g/mol. The zero-order valence-corrected chi connectivity index (χ0v) is 12.3. The van der Waals surface area contributed by atoms with Crippen LogP contribution in [0.1, 0.15) is 6.92 Å². The molecule has 0 aliphatic rings. The number of sulfonamides is 1. The number of benzene rings is 1. The van der Waals surface area contributed by atoms with Crippen LogP contribution in [0.2, 0.25) is 5.15 Å². The molecular weight excluding hydrogens is 300 g/mol. The summed E-state index contributed by atoms with van der Waals surface area (Å²) in [5.74, 6) is 0.676. The van der Waals surface area contributed by atoms with Crippen LogP contribution in [0.25, 0.3) is 0 Å². The molecule has 2 aromatic rings. The highest BCUT2D eigenvalue weighted by Crippen LogP contribution is 2.22. The average Bonchev–Trinajstić information content (AvgIpc) is 2.41. The van der Waals surface area contributed by atoms with Gasteiger partial charge in [0.1, 0.15) is 15.8 Å². The molecule has 106 valence electrons. The second-order valence-corrected chi connectivity index (χ2v) is 5.86. The Kier molecular flexibility index (Phi) is 4.46. The summed E-state index contributed by atoms with van der Waals surface area (Å²) < 4.78 is 32.1. The van der Waals surface area contributed by atoms with Gasteiger partial charge in [-0.25, -0.2) is 13.4 Å². The van der Waals surface area contributed by atoms with Crippen LogP contribution in [0.15, 0.2) is 47.5 Å². The SMILES string of the molecule is CCOc1ccc(NS(=O)(=O)c2cccnc2Cl)cc1.